The predicted molar refractivity (Wildman–Crippen MR) is 50.5 cm³/mol. The molecule has 1 N–H and O–H groups in total. The summed E-state index contributed by atoms with van der Waals surface area (Å²) < 4.78 is 25.2. The van der Waals surface area contributed by atoms with Gasteiger partial charge in [0.15, 0.2) is 0 Å². The number of halogens is 2. The Kier molecular flexibility index (Phi) is 4.57. The smallest absolute Gasteiger partial charge is 0.266 e. The second-order valence-corrected chi connectivity index (χ2v) is 2.72. The Morgan fingerprint density at radius 2 is 2.07 bits per heavy atom. The van der Waals surface area contributed by atoms with Crippen LogP contribution in [0.2, 0.25) is 0 Å². The highest BCUT2D eigenvalue weighted by atomic mass is 19.3. The number of terminal acetylenes is 1. The summed E-state index contributed by atoms with van der Waals surface area (Å²) in [5, 5.41) is 2.19. The third-order valence-corrected chi connectivity index (χ3v) is 1.56. The van der Waals surface area contributed by atoms with Crippen LogP contribution in [-0.4, -0.2) is 12.3 Å². The van der Waals surface area contributed by atoms with Crippen LogP contribution in [-0.2, 0) is 4.79 Å². The van der Waals surface area contributed by atoms with Crippen LogP contribution in [0.3, 0.4) is 0 Å². The van der Waals surface area contributed by atoms with Gasteiger partial charge in [-0.15, -0.1) is 6.42 Å². The number of amides is 1. The number of hydrogen-bond donors (Lipinski definition) is 1. The van der Waals surface area contributed by atoms with E-state index in [0.717, 1.165) is 6.92 Å². The zero-order valence-electron chi connectivity index (χ0n) is 7.97. The number of hydrogen-bond acceptors (Lipinski definition) is 1. The molecule has 0 fully saturated rings. The van der Waals surface area contributed by atoms with E-state index in [0.29, 0.717) is 6.41 Å². The van der Waals surface area contributed by atoms with Gasteiger partial charge in [0.25, 0.3) is 5.92 Å². The molecule has 0 saturated carbocycles. The third-order valence-electron chi connectivity index (χ3n) is 1.56. The summed E-state index contributed by atoms with van der Waals surface area (Å²) in [5.74, 6) is -0.739. The molecule has 0 rings (SSSR count). The van der Waals surface area contributed by atoms with Crippen LogP contribution < -0.4 is 5.32 Å². The fourth-order valence-electron chi connectivity index (χ4n) is 0.556. The van der Waals surface area contributed by atoms with Crippen molar-refractivity contribution in [3.8, 4) is 12.3 Å². The van der Waals surface area contributed by atoms with E-state index in [2.05, 4.69) is 11.2 Å². The third kappa shape index (κ3) is 4.41. The minimum Gasteiger partial charge on any atom is -0.322 e. The first-order valence-corrected chi connectivity index (χ1v) is 3.85. The molecule has 0 unspecified atom stereocenters. The van der Waals surface area contributed by atoms with Gasteiger partial charge in [-0.1, -0.05) is 12.0 Å². The lowest BCUT2D eigenvalue weighted by molar-refractivity contribution is -0.108. The Labute approximate surface area is 81.7 Å². The summed E-state index contributed by atoms with van der Waals surface area (Å²) in [6.07, 6.45) is 7.81. The summed E-state index contributed by atoms with van der Waals surface area (Å²) in [6, 6.07) is 0. The van der Waals surface area contributed by atoms with E-state index in [4.69, 9.17) is 6.42 Å². The molecule has 0 aromatic heterocycles. The van der Waals surface area contributed by atoms with Gasteiger partial charge in [-0.3, -0.25) is 4.79 Å². The van der Waals surface area contributed by atoms with E-state index >= 15 is 0 Å². The molecule has 0 atom stereocenters. The molecule has 76 valence electrons. The van der Waals surface area contributed by atoms with Gasteiger partial charge in [-0.25, -0.2) is 8.78 Å². The molecule has 14 heavy (non-hydrogen) atoms. The van der Waals surface area contributed by atoms with Gasteiger partial charge in [-0.05, 0) is 18.6 Å². The second-order valence-electron chi connectivity index (χ2n) is 2.72. The van der Waals surface area contributed by atoms with E-state index in [1.165, 1.54) is 19.1 Å². The van der Waals surface area contributed by atoms with Crippen molar-refractivity contribution < 1.29 is 13.6 Å². The highest BCUT2D eigenvalue weighted by Crippen LogP contribution is 2.22. The van der Waals surface area contributed by atoms with Gasteiger partial charge >= 0.3 is 0 Å². The van der Waals surface area contributed by atoms with Crippen molar-refractivity contribution in [3.05, 3.63) is 23.4 Å². The fraction of sp³-hybridized carbons (Fsp3) is 0.300. The standard InChI is InChI=1S/C10H11F2NO/c1-4-9(13-7-14)6-5-8(2)10(3,11)12/h1,5-7H,2-3H3,(H,13,14)/b8-5+,9-6+. The molecule has 0 bridgehead atoms. The lowest BCUT2D eigenvalue weighted by Gasteiger charge is -2.09. The van der Waals surface area contributed by atoms with Crippen LogP contribution >= 0.6 is 0 Å². The van der Waals surface area contributed by atoms with Crippen molar-refractivity contribution in [1.29, 1.82) is 0 Å². The van der Waals surface area contributed by atoms with Gasteiger partial charge in [0, 0.05) is 6.92 Å². The molecule has 0 radical (unpaired) electrons. The summed E-state index contributed by atoms with van der Waals surface area (Å²) in [4.78, 5) is 10.00. The quantitative estimate of drug-likeness (QED) is 0.418. The van der Waals surface area contributed by atoms with E-state index in [-0.39, 0.29) is 11.3 Å². The molecule has 0 aromatic rings. The molecular formula is C10H11F2NO. The molecule has 0 aliphatic heterocycles. The molecule has 1 amide bonds. The fourth-order valence-corrected chi connectivity index (χ4v) is 0.556. The lowest BCUT2D eigenvalue weighted by atomic mass is 10.1. The second kappa shape index (κ2) is 5.18. The first-order chi connectivity index (χ1) is 6.41. The molecule has 0 aliphatic rings. The predicted octanol–water partition coefficient (Wildman–Crippen LogP) is 1.85. The average Bonchev–Trinajstić information content (AvgIpc) is 2.10. The minimum atomic E-state index is -2.88. The Hall–Kier alpha value is -1.63. The first kappa shape index (κ1) is 12.4. The molecule has 0 spiro atoms. The first-order valence-electron chi connectivity index (χ1n) is 3.85. The van der Waals surface area contributed by atoms with Crippen LogP contribution in [0.15, 0.2) is 23.4 Å². The SMILES string of the molecule is C#C/C(=C\C=C(/C)C(C)(F)F)NC=O. The van der Waals surface area contributed by atoms with Gasteiger partial charge in [0.05, 0.1) is 5.70 Å². The Bertz CT molecular complexity index is 305. The maximum Gasteiger partial charge on any atom is 0.266 e. The molecule has 4 heteroatoms. The zero-order chi connectivity index (χ0) is 11.2. The van der Waals surface area contributed by atoms with Crippen LogP contribution in [0, 0.1) is 12.3 Å². The summed E-state index contributed by atoms with van der Waals surface area (Å²) in [5.41, 5.74) is 0.0153. The molecule has 2 nitrogen and oxygen atoms in total. The van der Waals surface area contributed by atoms with Crippen LogP contribution in [0.25, 0.3) is 0 Å². The Balaban J connectivity index is 4.68. The van der Waals surface area contributed by atoms with E-state index in [1.54, 1.807) is 0 Å². The van der Waals surface area contributed by atoms with Gasteiger partial charge in [0.1, 0.15) is 0 Å². The van der Waals surface area contributed by atoms with Gasteiger partial charge in [-0.2, -0.15) is 0 Å². The van der Waals surface area contributed by atoms with Crippen molar-refractivity contribution in [2.75, 3.05) is 0 Å². The number of carbonyl (C=O) groups is 1. The molecule has 0 saturated heterocycles. The van der Waals surface area contributed by atoms with Crippen molar-refractivity contribution in [2.24, 2.45) is 0 Å². The van der Waals surface area contributed by atoms with Crippen molar-refractivity contribution in [3.63, 3.8) is 0 Å². The highest BCUT2D eigenvalue weighted by Gasteiger charge is 2.22. The zero-order valence-corrected chi connectivity index (χ0v) is 7.97. The Morgan fingerprint density at radius 3 is 2.43 bits per heavy atom. The van der Waals surface area contributed by atoms with Gasteiger partial charge in [0.2, 0.25) is 6.41 Å². The maximum absolute atomic E-state index is 12.6. The summed E-state index contributed by atoms with van der Waals surface area (Å²) >= 11 is 0. The Morgan fingerprint density at radius 1 is 1.50 bits per heavy atom. The largest absolute Gasteiger partial charge is 0.322 e. The van der Waals surface area contributed by atoms with Crippen LogP contribution in [0.1, 0.15) is 13.8 Å². The molecule has 0 aliphatic carbocycles. The number of alkyl halides is 2. The minimum absolute atomic E-state index is 0.127. The van der Waals surface area contributed by atoms with Crippen molar-refractivity contribution in [2.45, 2.75) is 19.8 Å². The lowest BCUT2D eigenvalue weighted by Crippen LogP contribution is -2.11. The van der Waals surface area contributed by atoms with Crippen LogP contribution in [0.5, 0.6) is 0 Å². The number of nitrogens with one attached hydrogen (secondary N) is 1. The molecular weight excluding hydrogens is 188 g/mol. The number of allylic oxidation sites excluding steroid dienone is 4. The van der Waals surface area contributed by atoms with E-state index in [1.807, 2.05) is 0 Å². The molecule has 0 heterocycles. The number of carbonyl (C=O) groups excluding carboxylic acids is 1. The monoisotopic (exact) mass is 199 g/mol. The van der Waals surface area contributed by atoms with Crippen LogP contribution in [0.4, 0.5) is 8.78 Å². The summed E-state index contributed by atoms with van der Waals surface area (Å²) in [7, 11) is 0. The summed E-state index contributed by atoms with van der Waals surface area (Å²) in [6.45, 7) is 2.07. The maximum atomic E-state index is 12.6. The van der Waals surface area contributed by atoms with Crippen molar-refractivity contribution >= 4 is 6.41 Å². The number of rotatable bonds is 4. The van der Waals surface area contributed by atoms with Crippen molar-refractivity contribution in [1.82, 2.24) is 5.32 Å². The normalized spacial score (nSPS) is 13.4. The topological polar surface area (TPSA) is 29.1 Å². The van der Waals surface area contributed by atoms with E-state index < -0.39 is 5.92 Å². The van der Waals surface area contributed by atoms with Gasteiger partial charge < -0.3 is 5.32 Å². The van der Waals surface area contributed by atoms with E-state index in [9.17, 15) is 13.6 Å². The molecule has 0 aromatic carbocycles. The average molecular weight is 199 g/mol. The highest BCUT2D eigenvalue weighted by molar-refractivity contribution is 5.53.